The fraction of sp³-hybridized carbons (Fsp3) is 0.100. The van der Waals surface area contributed by atoms with E-state index in [0.29, 0.717) is 21.9 Å². The van der Waals surface area contributed by atoms with Crippen molar-refractivity contribution in [2.45, 2.75) is 6.18 Å². The molecule has 0 aliphatic carbocycles. The monoisotopic (exact) mass is 307 g/mol. The first-order chi connectivity index (χ1) is 7.48. The molecule has 2 aromatic rings. The second kappa shape index (κ2) is 4.18. The molecule has 1 aromatic carbocycles. The minimum Gasteiger partial charge on any atom is -0.229 e. The Bertz CT molecular complexity index is 493. The van der Waals surface area contributed by atoms with Gasteiger partial charge >= 0.3 is 6.18 Å². The average molecular weight is 308 g/mol. The molecule has 0 N–H and O–H groups in total. The van der Waals surface area contributed by atoms with Gasteiger partial charge in [0.05, 0.1) is 0 Å². The lowest BCUT2D eigenvalue weighted by Gasteiger charge is -2.01. The van der Waals surface area contributed by atoms with Crippen molar-refractivity contribution in [2.24, 2.45) is 0 Å². The van der Waals surface area contributed by atoms with Crippen molar-refractivity contribution in [3.8, 4) is 10.6 Å². The van der Waals surface area contributed by atoms with Gasteiger partial charge in [-0.2, -0.15) is 13.2 Å². The molecule has 84 valence electrons. The van der Waals surface area contributed by atoms with Crippen molar-refractivity contribution >= 4 is 27.3 Å². The Morgan fingerprint density at radius 2 is 1.75 bits per heavy atom. The van der Waals surface area contributed by atoms with E-state index < -0.39 is 11.1 Å². The normalized spacial score (nSPS) is 11.8. The van der Waals surface area contributed by atoms with E-state index in [-0.39, 0.29) is 4.60 Å². The zero-order valence-corrected chi connectivity index (χ0v) is 10.2. The molecule has 0 aliphatic heterocycles. The summed E-state index contributed by atoms with van der Waals surface area (Å²) in [6.45, 7) is 0. The maximum atomic E-state index is 12.5. The molecule has 0 amide bonds. The first kappa shape index (κ1) is 11.6. The van der Waals surface area contributed by atoms with Crippen LogP contribution in [0.2, 0.25) is 0 Å². The third-order valence-corrected chi connectivity index (χ3v) is 3.85. The topological polar surface area (TPSA) is 12.9 Å². The average Bonchev–Trinajstić information content (AvgIpc) is 2.61. The van der Waals surface area contributed by atoms with E-state index in [1.807, 2.05) is 0 Å². The summed E-state index contributed by atoms with van der Waals surface area (Å²) in [5.41, 5.74) is 0.684. The van der Waals surface area contributed by atoms with Gasteiger partial charge in [-0.1, -0.05) is 30.3 Å². The highest BCUT2D eigenvalue weighted by Gasteiger charge is 2.36. The van der Waals surface area contributed by atoms with E-state index >= 15 is 0 Å². The SMILES string of the molecule is FC(F)(F)c1sc(-c2ccccc2)nc1Br. The van der Waals surface area contributed by atoms with Gasteiger partial charge in [0, 0.05) is 5.56 Å². The summed E-state index contributed by atoms with van der Waals surface area (Å²) in [6.07, 6.45) is -4.36. The Morgan fingerprint density at radius 1 is 1.12 bits per heavy atom. The van der Waals surface area contributed by atoms with E-state index in [0.717, 1.165) is 0 Å². The van der Waals surface area contributed by atoms with Gasteiger partial charge in [0.2, 0.25) is 0 Å². The molecule has 2 rings (SSSR count). The molecule has 1 heterocycles. The van der Waals surface area contributed by atoms with Crippen molar-refractivity contribution in [1.82, 2.24) is 4.98 Å². The Labute approximate surface area is 102 Å². The quantitative estimate of drug-likeness (QED) is 0.751. The number of hydrogen-bond acceptors (Lipinski definition) is 2. The van der Waals surface area contributed by atoms with Crippen LogP contribution in [0.5, 0.6) is 0 Å². The van der Waals surface area contributed by atoms with Gasteiger partial charge in [0.25, 0.3) is 0 Å². The lowest BCUT2D eigenvalue weighted by atomic mass is 10.2. The molecule has 0 saturated heterocycles. The molecule has 0 bridgehead atoms. The Morgan fingerprint density at radius 3 is 2.25 bits per heavy atom. The smallest absolute Gasteiger partial charge is 0.229 e. The maximum absolute atomic E-state index is 12.5. The molecule has 0 spiro atoms. The van der Waals surface area contributed by atoms with Crippen molar-refractivity contribution in [1.29, 1.82) is 0 Å². The number of thiazole rings is 1. The third-order valence-electron chi connectivity index (χ3n) is 1.86. The van der Waals surface area contributed by atoms with Crippen molar-refractivity contribution in [3.63, 3.8) is 0 Å². The van der Waals surface area contributed by atoms with Crippen LogP contribution in [-0.4, -0.2) is 4.98 Å². The Balaban J connectivity index is 2.47. The standard InChI is InChI=1S/C10H5BrF3NS/c11-8-7(10(12,13)14)16-9(15-8)6-4-2-1-3-5-6/h1-5H. The summed E-state index contributed by atoms with van der Waals surface area (Å²) in [6, 6.07) is 8.78. The minimum atomic E-state index is -4.36. The molecule has 0 radical (unpaired) electrons. The first-order valence-electron chi connectivity index (χ1n) is 4.27. The molecule has 0 unspecified atom stereocenters. The zero-order chi connectivity index (χ0) is 11.8. The Kier molecular flexibility index (Phi) is 3.03. The summed E-state index contributed by atoms with van der Waals surface area (Å²) < 4.78 is 37.4. The van der Waals surface area contributed by atoms with E-state index in [9.17, 15) is 13.2 Å². The number of nitrogens with zero attached hydrogens (tertiary/aromatic N) is 1. The van der Waals surface area contributed by atoms with Gasteiger partial charge in [-0.15, -0.1) is 11.3 Å². The van der Waals surface area contributed by atoms with Crippen molar-refractivity contribution < 1.29 is 13.2 Å². The van der Waals surface area contributed by atoms with Crippen LogP contribution >= 0.6 is 27.3 Å². The maximum Gasteiger partial charge on any atom is 0.428 e. The second-order valence-corrected chi connectivity index (χ2v) is 4.75. The van der Waals surface area contributed by atoms with Gasteiger partial charge in [-0.05, 0) is 15.9 Å². The van der Waals surface area contributed by atoms with Crippen LogP contribution in [-0.2, 0) is 6.18 Å². The largest absolute Gasteiger partial charge is 0.428 e. The van der Waals surface area contributed by atoms with Crippen LogP contribution in [0.4, 0.5) is 13.2 Å². The fourth-order valence-electron chi connectivity index (χ4n) is 1.18. The van der Waals surface area contributed by atoms with Crippen LogP contribution in [0, 0.1) is 0 Å². The van der Waals surface area contributed by atoms with Crippen LogP contribution in [0.3, 0.4) is 0 Å². The van der Waals surface area contributed by atoms with E-state index in [2.05, 4.69) is 20.9 Å². The summed E-state index contributed by atoms with van der Waals surface area (Å²) in [5.74, 6) is 0. The molecular formula is C10H5BrF3NS. The molecule has 0 aliphatic rings. The summed E-state index contributed by atoms with van der Waals surface area (Å²) in [4.78, 5) is 3.16. The second-order valence-electron chi connectivity index (χ2n) is 3.00. The van der Waals surface area contributed by atoms with Crippen molar-refractivity contribution in [2.75, 3.05) is 0 Å². The van der Waals surface area contributed by atoms with Crippen molar-refractivity contribution in [3.05, 3.63) is 39.8 Å². The van der Waals surface area contributed by atoms with Gasteiger partial charge in [0.15, 0.2) is 0 Å². The number of rotatable bonds is 1. The molecule has 1 nitrogen and oxygen atoms in total. The highest BCUT2D eigenvalue weighted by molar-refractivity contribution is 9.10. The van der Waals surface area contributed by atoms with Crippen LogP contribution in [0.1, 0.15) is 4.88 Å². The van der Waals surface area contributed by atoms with Gasteiger partial charge < -0.3 is 0 Å². The number of halogens is 4. The molecule has 6 heteroatoms. The van der Waals surface area contributed by atoms with Crippen LogP contribution < -0.4 is 0 Å². The molecule has 0 atom stereocenters. The zero-order valence-electron chi connectivity index (χ0n) is 7.75. The molecule has 0 saturated carbocycles. The predicted octanol–water partition coefficient (Wildman–Crippen LogP) is 4.59. The number of aromatic nitrogens is 1. The molecule has 0 fully saturated rings. The predicted molar refractivity (Wildman–Crippen MR) is 60.3 cm³/mol. The highest BCUT2D eigenvalue weighted by atomic mass is 79.9. The third kappa shape index (κ3) is 2.27. The summed E-state index contributed by atoms with van der Waals surface area (Å²) in [5, 5.41) is 0.361. The molecule has 16 heavy (non-hydrogen) atoms. The minimum absolute atomic E-state index is 0.149. The lowest BCUT2D eigenvalue weighted by molar-refractivity contribution is -0.135. The van der Waals surface area contributed by atoms with E-state index in [1.54, 1.807) is 30.3 Å². The van der Waals surface area contributed by atoms with Gasteiger partial charge in [-0.25, -0.2) is 4.98 Å². The molecular weight excluding hydrogens is 303 g/mol. The highest BCUT2D eigenvalue weighted by Crippen LogP contribution is 2.41. The number of alkyl halides is 3. The van der Waals surface area contributed by atoms with Gasteiger partial charge in [-0.3, -0.25) is 0 Å². The fourth-order valence-corrected chi connectivity index (χ4v) is 2.77. The lowest BCUT2D eigenvalue weighted by Crippen LogP contribution is -2.02. The van der Waals surface area contributed by atoms with Crippen LogP contribution in [0.25, 0.3) is 10.6 Å². The summed E-state index contributed by atoms with van der Waals surface area (Å²) in [7, 11) is 0. The number of hydrogen-bond donors (Lipinski definition) is 0. The summed E-state index contributed by atoms with van der Waals surface area (Å²) >= 11 is 3.47. The molecule has 1 aromatic heterocycles. The first-order valence-corrected chi connectivity index (χ1v) is 5.88. The van der Waals surface area contributed by atoms with Crippen LogP contribution in [0.15, 0.2) is 34.9 Å². The number of benzene rings is 1. The Hall–Kier alpha value is -0.880. The van der Waals surface area contributed by atoms with E-state index in [1.165, 1.54) is 0 Å². The van der Waals surface area contributed by atoms with Gasteiger partial charge in [0.1, 0.15) is 14.5 Å². The van der Waals surface area contributed by atoms with E-state index in [4.69, 9.17) is 0 Å².